The van der Waals surface area contributed by atoms with Gasteiger partial charge in [-0.2, -0.15) is 0 Å². The molecule has 0 aliphatic heterocycles. The number of nitrogens with zero attached hydrogens (tertiary/aromatic N) is 2. The fourth-order valence-electron chi connectivity index (χ4n) is 5.00. The second-order valence-corrected chi connectivity index (χ2v) is 10.7. The molecule has 35 heavy (non-hydrogen) atoms. The van der Waals surface area contributed by atoms with Crippen molar-refractivity contribution in [1.29, 1.82) is 0 Å². The molecule has 1 aromatic carbocycles. The zero-order chi connectivity index (χ0) is 24.1. The molecule has 178 valence electrons. The summed E-state index contributed by atoms with van der Waals surface area (Å²) in [6, 6.07) is 13.3. The van der Waals surface area contributed by atoms with E-state index in [-0.39, 0.29) is 23.4 Å². The molecule has 4 aromatic rings. The van der Waals surface area contributed by atoms with Crippen molar-refractivity contribution < 1.29 is 14.7 Å². The van der Waals surface area contributed by atoms with Crippen LogP contribution in [0.3, 0.4) is 0 Å². The number of aliphatic carboxylic acids is 1. The van der Waals surface area contributed by atoms with Gasteiger partial charge in [-0.15, -0.1) is 11.3 Å². The van der Waals surface area contributed by atoms with Gasteiger partial charge in [0.25, 0.3) is 11.5 Å². The molecule has 2 saturated carbocycles. The highest BCUT2D eigenvalue weighted by atomic mass is 32.1. The second kappa shape index (κ2) is 8.61. The highest BCUT2D eigenvalue weighted by Crippen LogP contribution is 2.45. The number of nitrogens with one attached hydrogen (secondary N) is 1. The summed E-state index contributed by atoms with van der Waals surface area (Å²) in [7, 11) is 0. The number of thiophene rings is 1. The molecular weight excluding hydrogens is 462 g/mol. The Balaban J connectivity index is 1.31. The van der Waals surface area contributed by atoms with Crippen molar-refractivity contribution in [2.75, 3.05) is 0 Å². The Morgan fingerprint density at radius 1 is 1.03 bits per heavy atom. The van der Waals surface area contributed by atoms with Crippen LogP contribution in [0.5, 0.6) is 0 Å². The lowest BCUT2D eigenvalue weighted by Gasteiger charge is -2.26. The maximum absolute atomic E-state index is 13.4. The average Bonchev–Trinajstić information content (AvgIpc) is 3.60. The van der Waals surface area contributed by atoms with Crippen molar-refractivity contribution in [2.24, 2.45) is 5.92 Å². The molecule has 2 aliphatic rings. The normalized spacial score (nSPS) is 20.2. The van der Waals surface area contributed by atoms with Crippen LogP contribution in [0, 0.1) is 5.92 Å². The number of carbonyl (C=O) groups excluding carboxylic acids is 1. The van der Waals surface area contributed by atoms with Crippen LogP contribution in [0.15, 0.2) is 53.5 Å². The quantitative estimate of drug-likeness (QED) is 0.393. The number of hydrogen-bond acceptors (Lipinski definition) is 5. The lowest BCUT2D eigenvalue weighted by Crippen LogP contribution is -2.39. The Hall–Kier alpha value is -3.52. The molecule has 0 bridgehead atoms. The Morgan fingerprint density at radius 3 is 2.57 bits per heavy atom. The van der Waals surface area contributed by atoms with Gasteiger partial charge in [0, 0.05) is 22.0 Å². The second-order valence-electron chi connectivity index (χ2n) is 9.60. The summed E-state index contributed by atoms with van der Waals surface area (Å²) in [5, 5.41) is 12.7. The van der Waals surface area contributed by atoms with E-state index in [2.05, 4.69) is 17.4 Å². The molecule has 0 radical (unpaired) electrons. The summed E-state index contributed by atoms with van der Waals surface area (Å²) in [6.45, 7) is 0. The van der Waals surface area contributed by atoms with Crippen LogP contribution in [0.1, 0.15) is 59.7 Å². The van der Waals surface area contributed by atoms with Crippen molar-refractivity contribution in [1.82, 2.24) is 14.7 Å². The molecule has 2 aliphatic carbocycles. The van der Waals surface area contributed by atoms with Crippen LogP contribution >= 0.6 is 11.3 Å². The van der Waals surface area contributed by atoms with Gasteiger partial charge in [-0.3, -0.25) is 18.8 Å². The first-order valence-corrected chi connectivity index (χ1v) is 12.9. The minimum atomic E-state index is -0.773. The molecule has 3 heterocycles. The number of rotatable bonds is 5. The smallest absolute Gasteiger partial charge is 0.306 e. The van der Waals surface area contributed by atoms with E-state index in [1.165, 1.54) is 22.1 Å². The van der Waals surface area contributed by atoms with Crippen LogP contribution in [-0.4, -0.2) is 32.4 Å². The van der Waals surface area contributed by atoms with E-state index in [0.717, 1.165) is 10.4 Å². The maximum atomic E-state index is 13.4. The summed E-state index contributed by atoms with van der Waals surface area (Å²) in [5.74, 6) is -0.713. The van der Waals surface area contributed by atoms with E-state index in [0.29, 0.717) is 53.7 Å². The number of amides is 1. The van der Waals surface area contributed by atoms with Crippen molar-refractivity contribution in [2.45, 2.75) is 50.5 Å². The van der Waals surface area contributed by atoms with Gasteiger partial charge < -0.3 is 10.4 Å². The van der Waals surface area contributed by atoms with E-state index in [1.54, 1.807) is 29.7 Å². The summed E-state index contributed by atoms with van der Waals surface area (Å²) >= 11 is 1.78. The van der Waals surface area contributed by atoms with Crippen LogP contribution in [-0.2, 0) is 4.79 Å². The van der Waals surface area contributed by atoms with E-state index in [4.69, 9.17) is 4.98 Å². The van der Waals surface area contributed by atoms with Gasteiger partial charge in [0.1, 0.15) is 0 Å². The Bertz CT molecular complexity index is 1530. The van der Waals surface area contributed by atoms with E-state index in [9.17, 15) is 19.5 Å². The van der Waals surface area contributed by atoms with Gasteiger partial charge in [-0.25, -0.2) is 4.98 Å². The first-order valence-electron chi connectivity index (χ1n) is 12.1. The van der Waals surface area contributed by atoms with E-state index in [1.807, 2.05) is 18.2 Å². The summed E-state index contributed by atoms with van der Waals surface area (Å²) in [5.41, 5.74) is 2.01. The van der Waals surface area contributed by atoms with Crippen molar-refractivity contribution in [3.8, 4) is 10.4 Å². The van der Waals surface area contributed by atoms with Gasteiger partial charge >= 0.3 is 5.97 Å². The van der Waals surface area contributed by atoms with Crippen molar-refractivity contribution in [3.63, 3.8) is 0 Å². The molecule has 2 N–H and O–H groups in total. The number of carboxylic acids is 1. The number of fused-ring (bicyclic) bond motifs is 2. The van der Waals surface area contributed by atoms with Crippen LogP contribution < -0.4 is 10.9 Å². The third-order valence-electron chi connectivity index (χ3n) is 7.19. The first kappa shape index (κ1) is 22.0. The van der Waals surface area contributed by atoms with Crippen molar-refractivity contribution in [3.05, 3.63) is 69.5 Å². The number of pyridine rings is 1. The molecule has 7 nitrogen and oxygen atoms in total. The molecular formula is C27H25N3O4S. The maximum Gasteiger partial charge on any atom is 0.306 e. The molecule has 0 saturated heterocycles. The first-order chi connectivity index (χ1) is 17.0. The Kier molecular flexibility index (Phi) is 5.40. The number of benzene rings is 1. The minimum Gasteiger partial charge on any atom is -0.481 e. The fraction of sp³-hybridized carbons (Fsp3) is 0.333. The Morgan fingerprint density at radius 2 is 1.83 bits per heavy atom. The Labute approximate surface area is 205 Å². The molecule has 3 aromatic heterocycles. The lowest BCUT2D eigenvalue weighted by molar-refractivity contribution is -0.142. The zero-order valence-corrected chi connectivity index (χ0v) is 19.9. The number of aromatic nitrogens is 2. The molecule has 0 unspecified atom stereocenters. The third kappa shape index (κ3) is 4.12. The van der Waals surface area contributed by atoms with Gasteiger partial charge in [0.15, 0.2) is 5.65 Å². The molecule has 8 heteroatoms. The fourth-order valence-corrected chi connectivity index (χ4v) is 6.17. The standard InChI is InChI=1S/C27H25N3O4S/c31-25(28-18-8-5-16(6-9-18)27(33)34)19-2-1-13-30-24(19)29-21-10-7-17(14-20(21)26(30)32)23-12-11-22(35-23)15-3-4-15/h1-2,7,10-16,18H,3-6,8-9H2,(H,28,31)(H,33,34)/t16-,18+. The summed E-state index contributed by atoms with van der Waals surface area (Å²) < 4.78 is 1.44. The molecule has 1 amide bonds. The third-order valence-corrected chi connectivity index (χ3v) is 8.48. The number of carboxylic acid groups (broad SMARTS) is 1. The predicted molar refractivity (Wildman–Crippen MR) is 135 cm³/mol. The predicted octanol–water partition coefficient (Wildman–Crippen LogP) is 4.83. The SMILES string of the molecule is O=C(N[C@H]1CC[C@@H](C(=O)O)CC1)c1cccn2c(=O)c3cc(-c4ccc(C5CC5)s4)ccc3nc12. The molecule has 2 fully saturated rings. The van der Waals surface area contributed by atoms with Crippen LogP contribution in [0.25, 0.3) is 27.0 Å². The average molecular weight is 488 g/mol. The minimum absolute atomic E-state index is 0.0839. The van der Waals surface area contributed by atoms with Crippen LogP contribution in [0.2, 0.25) is 0 Å². The largest absolute Gasteiger partial charge is 0.481 e. The molecule has 0 spiro atoms. The topological polar surface area (TPSA) is 101 Å². The molecule has 0 atom stereocenters. The molecule has 6 rings (SSSR count). The van der Waals surface area contributed by atoms with Gasteiger partial charge in [0.05, 0.1) is 22.4 Å². The number of hydrogen-bond donors (Lipinski definition) is 2. The number of carbonyl (C=O) groups is 2. The zero-order valence-electron chi connectivity index (χ0n) is 19.1. The summed E-state index contributed by atoms with van der Waals surface area (Å²) in [4.78, 5) is 44.9. The van der Waals surface area contributed by atoms with E-state index >= 15 is 0 Å². The van der Waals surface area contributed by atoms with Crippen molar-refractivity contribution >= 4 is 39.8 Å². The van der Waals surface area contributed by atoms with Gasteiger partial charge in [-0.05, 0) is 86.4 Å². The summed E-state index contributed by atoms with van der Waals surface area (Å²) in [6.07, 6.45) is 6.50. The highest BCUT2D eigenvalue weighted by molar-refractivity contribution is 7.15. The monoisotopic (exact) mass is 487 g/mol. The van der Waals surface area contributed by atoms with Gasteiger partial charge in [0.2, 0.25) is 0 Å². The van der Waals surface area contributed by atoms with E-state index < -0.39 is 5.97 Å². The highest BCUT2D eigenvalue weighted by Gasteiger charge is 2.28. The van der Waals surface area contributed by atoms with Crippen LogP contribution in [0.4, 0.5) is 0 Å². The van der Waals surface area contributed by atoms with Gasteiger partial charge in [-0.1, -0.05) is 6.07 Å². The lowest BCUT2D eigenvalue weighted by atomic mass is 9.86.